The first-order valence-electron chi connectivity index (χ1n) is 16.1. The number of unbranched alkanes of at least 4 members (excludes halogenated alkanes) is 14. The lowest BCUT2D eigenvalue weighted by Crippen LogP contribution is -2.19. The van der Waals surface area contributed by atoms with Gasteiger partial charge >= 0.3 is 11.9 Å². The Labute approximate surface area is 234 Å². The molecule has 4 nitrogen and oxygen atoms in total. The van der Waals surface area contributed by atoms with E-state index >= 15 is 0 Å². The molecule has 1 aromatic rings. The third-order valence-electron chi connectivity index (χ3n) is 7.38. The molecule has 0 heterocycles. The molecule has 0 saturated heterocycles. The third-order valence-corrected chi connectivity index (χ3v) is 7.38. The number of carbonyl (C=O) groups is 2. The molecular weight excluding hydrogens is 472 g/mol. The van der Waals surface area contributed by atoms with Crippen LogP contribution in [0.4, 0.5) is 0 Å². The van der Waals surface area contributed by atoms with Gasteiger partial charge in [-0.1, -0.05) is 124 Å². The average molecular weight is 531 g/mol. The number of carbonyl (C=O) groups excluding carboxylic acids is 2. The Morgan fingerprint density at radius 1 is 0.526 bits per heavy atom. The molecule has 0 unspecified atom stereocenters. The zero-order chi connectivity index (χ0) is 27.8. The maximum absolute atomic E-state index is 13.4. The number of hydrogen-bond acceptors (Lipinski definition) is 4. The van der Waals surface area contributed by atoms with Crippen molar-refractivity contribution in [2.75, 3.05) is 13.2 Å². The molecule has 0 aliphatic carbocycles. The second kappa shape index (κ2) is 23.1. The van der Waals surface area contributed by atoms with Crippen LogP contribution in [-0.2, 0) is 22.3 Å². The molecule has 0 fully saturated rings. The number of benzene rings is 1. The first-order chi connectivity index (χ1) is 18.6. The summed E-state index contributed by atoms with van der Waals surface area (Å²) in [5.41, 5.74) is 3.01. The molecule has 218 valence electrons. The molecule has 1 aromatic carbocycles. The average Bonchev–Trinajstić information content (AvgIpc) is 2.93. The number of ether oxygens (including phenoxy) is 2. The van der Waals surface area contributed by atoms with Gasteiger partial charge < -0.3 is 9.47 Å². The summed E-state index contributed by atoms with van der Waals surface area (Å²) < 4.78 is 11.4. The van der Waals surface area contributed by atoms with E-state index in [4.69, 9.17) is 9.47 Å². The van der Waals surface area contributed by atoms with Crippen molar-refractivity contribution in [1.82, 2.24) is 0 Å². The van der Waals surface area contributed by atoms with Crippen molar-refractivity contribution in [3.05, 3.63) is 34.4 Å². The van der Waals surface area contributed by atoms with Gasteiger partial charge in [-0.3, -0.25) is 0 Å². The molecule has 0 spiro atoms. The molecule has 0 aliphatic rings. The van der Waals surface area contributed by atoms with Gasteiger partial charge in [0.1, 0.15) is 0 Å². The second-order valence-electron chi connectivity index (χ2n) is 10.8. The molecule has 4 heteroatoms. The van der Waals surface area contributed by atoms with Crippen molar-refractivity contribution in [1.29, 1.82) is 0 Å². The molecular formula is C34H58O4. The van der Waals surface area contributed by atoms with Gasteiger partial charge in [0.05, 0.1) is 24.3 Å². The van der Waals surface area contributed by atoms with Crippen LogP contribution in [0.1, 0.15) is 175 Å². The predicted molar refractivity (Wildman–Crippen MR) is 160 cm³/mol. The fourth-order valence-corrected chi connectivity index (χ4v) is 4.93. The Morgan fingerprint density at radius 2 is 0.974 bits per heavy atom. The van der Waals surface area contributed by atoms with Gasteiger partial charge in [-0.25, -0.2) is 9.59 Å². The molecule has 1 rings (SSSR count). The maximum Gasteiger partial charge on any atom is 0.339 e. The van der Waals surface area contributed by atoms with Crippen molar-refractivity contribution in [2.24, 2.45) is 0 Å². The van der Waals surface area contributed by atoms with E-state index in [0.29, 0.717) is 24.3 Å². The highest BCUT2D eigenvalue weighted by Gasteiger charge is 2.25. The zero-order valence-corrected chi connectivity index (χ0v) is 25.3. The van der Waals surface area contributed by atoms with Crippen molar-refractivity contribution < 1.29 is 19.1 Å². The summed E-state index contributed by atoms with van der Waals surface area (Å²) in [6.45, 7) is 9.60. The third kappa shape index (κ3) is 14.4. The van der Waals surface area contributed by atoms with Gasteiger partial charge in [-0.05, 0) is 55.7 Å². The van der Waals surface area contributed by atoms with E-state index in [0.717, 1.165) is 69.8 Å². The second-order valence-corrected chi connectivity index (χ2v) is 10.8. The highest BCUT2D eigenvalue weighted by atomic mass is 16.5. The number of esters is 2. The Bertz CT molecular complexity index is 755. The lowest BCUT2D eigenvalue weighted by Gasteiger charge is -2.18. The highest BCUT2D eigenvalue weighted by molar-refractivity contribution is 6.04. The van der Waals surface area contributed by atoms with Gasteiger partial charge in [0.2, 0.25) is 0 Å². The van der Waals surface area contributed by atoms with E-state index in [1.54, 1.807) is 6.07 Å². The summed E-state index contributed by atoms with van der Waals surface area (Å²) in [7, 11) is 0. The normalized spacial score (nSPS) is 11.1. The molecule has 0 atom stereocenters. The standard InChI is InChI=1S/C34H58O4/c1-5-9-13-15-17-19-21-27-37-33(35)31-26-25-29(23-11-7-3)30(24-12-8-4)32(31)34(36)38-28-22-20-18-16-14-10-6-2/h25-26H,5-24,27-28H2,1-4H3. The van der Waals surface area contributed by atoms with Crippen molar-refractivity contribution in [3.63, 3.8) is 0 Å². The van der Waals surface area contributed by atoms with E-state index in [1.165, 1.54) is 69.8 Å². The quantitative estimate of drug-likeness (QED) is 0.0985. The molecule has 0 aromatic heterocycles. The smallest absolute Gasteiger partial charge is 0.339 e. The first-order valence-corrected chi connectivity index (χ1v) is 16.1. The molecule has 0 bridgehead atoms. The molecule has 0 radical (unpaired) electrons. The minimum Gasteiger partial charge on any atom is -0.462 e. The summed E-state index contributed by atoms with van der Waals surface area (Å²) >= 11 is 0. The zero-order valence-electron chi connectivity index (χ0n) is 25.3. The summed E-state index contributed by atoms with van der Waals surface area (Å²) in [4.78, 5) is 26.6. The van der Waals surface area contributed by atoms with Crippen LogP contribution in [0.2, 0.25) is 0 Å². The lowest BCUT2D eigenvalue weighted by atomic mass is 9.90. The summed E-state index contributed by atoms with van der Waals surface area (Å²) in [6, 6.07) is 3.84. The number of rotatable bonds is 24. The molecule has 0 amide bonds. The molecule has 38 heavy (non-hydrogen) atoms. The minimum absolute atomic E-state index is 0.358. The maximum atomic E-state index is 13.4. The van der Waals surface area contributed by atoms with Crippen LogP contribution in [0.3, 0.4) is 0 Å². The van der Waals surface area contributed by atoms with Crippen LogP contribution in [0.15, 0.2) is 12.1 Å². The highest BCUT2D eigenvalue weighted by Crippen LogP contribution is 2.26. The lowest BCUT2D eigenvalue weighted by molar-refractivity contribution is 0.0449. The van der Waals surface area contributed by atoms with E-state index in [9.17, 15) is 9.59 Å². The Balaban J connectivity index is 2.88. The van der Waals surface area contributed by atoms with Gasteiger partial charge in [0.25, 0.3) is 0 Å². The fourth-order valence-electron chi connectivity index (χ4n) is 4.93. The summed E-state index contributed by atoms with van der Waals surface area (Å²) in [5, 5.41) is 0. The molecule has 0 saturated carbocycles. The molecule has 0 aliphatic heterocycles. The van der Waals surface area contributed by atoms with Crippen LogP contribution in [-0.4, -0.2) is 25.2 Å². The summed E-state index contributed by atoms with van der Waals surface area (Å²) in [6.07, 6.45) is 22.3. The number of aryl methyl sites for hydroxylation is 1. The van der Waals surface area contributed by atoms with Crippen LogP contribution in [0, 0.1) is 0 Å². The first kappa shape index (κ1) is 34.2. The van der Waals surface area contributed by atoms with Crippen LogP contribution >= 0.6 is 0 Å². The largest absolute Gasteiger partial charge is 0.462 e. The van der Waals surface area contributed by atoms with E-state index < -0.39 is 5.97 Å². The van der Waals surface area contributed by atoms with Crippen molar-refractivity contribution >= 4 is 11.9 Å². The van der Waals surface area contributed by atoms with E-state index in [-0.39, 0.29) is 5.97 Å². The van der Waals surface area contributed by atoms with Crippen molar-refractivity contribution in [3.8, 4) is 0 Å². The Hall–Kier alpha value is -1.84. The van der Waals surface area contributed by atoms with Gasteiger partial charge in [-0.2, -0.15) is 0 Å². The minimum atomic E-state index is -0.390. The van der Waals surface area contributed by atoms with Crippen LogP contribution in [0.5, 0.6) is 0 Å². The molecule has 0 N–H and O–H groups in total. The van der Waals surface area contributed by atoms with E-state index in [2.05, 4.69) is 27.7 Å². The predicted octanol–water partition coefficient (Wildman–Crippen LogP) is 10.2. The summed E-state index contributed by atoms with van der Waals surface area (Å²) in [5.74, 6) is -0.748. The SMILES string of the molecule is CCCCCCCCCOC(=O)c1ccc(CCCC)c(CCCC)c1C(=O)OCCCCCCCCC. The van der Waals surface area contributed by atoms with Gasteiger partial charge in [0, 0.05) is 0 Å². The fraction of sp³-hybridized carbons (Fsp3) is 0.765. The van der Waals surface area contributed by atoms with Crippen molar-refractivity contribution in [2.45, 2.75) is 156 Å². The number of hydrogen-bond donors (Lipinski definition) is 0. The van der Waals surface area contributed by atoms with Crippen LogP contribution < -0.4 is 0 Å². The topological polar surface area (TPSA) is 52.6 Å². The van der Waals surface area contributed by atoms with Gasteiger partial charge in [0.15, 0.2) is 0 Å². The van der Waals surface area contributed by atoms with Gasteiger partial charge in [-0.15, -0.1) is 0 Å². The van der Waals surface area contributed by atoms with E-state index in [1.807, 2.05) is 6.07 Å². The monoisotopic (exact) mass is 530 g/mol. The van der Waals surface area contributed by atoms with Crippen LogP contribution in [0.25, 0.3) is 0 Å². The Morgan fingerprint density at radius 3 is 1.50 bits per heavy atom. The Kier molecular flexibility index (Phi) is 20.8.